The molecule has 0 fully saturated rings. The molecule has 0 aliphatic rings. The van der Waals surface area contributed by atoms with Crippen molar-refractivity contribution in [2.24, 2.45) is 0 Å². The average molecular weight is 229 g/mol. The van der Waals surface area contributed by atoms with Crippen LogP contribution in [0.2, 0.25) is 0 Å². The minimum Gasteiger partial charge on any atom is -0.744 e. The van der Waals surface area contributed by atoms with Crippen LogP contribution in [0.5, 0.6) is 0 Å². The molecule has 0 heterocycles. The first-order valence-electron chi connectivity index (χ1n) is 3.93. The molecule has 0 unspecified atom stereocenters. The average Bonchev–Trinajstić information content (AvgIpc) is 2.05. The summed E-state index contributed by atoms with van der Waals surface area (Å²) < 4.78 is 32.2. The third kappa shape index (κ3) is 2.93. The molecule has 82 valence electrons. The highest BCUT2D eigenvalue weighted by molar-refractivity contribution is 7.86. The maximum absolute atomic E-state index is 10.7. The van der Waals surface area contributed by atoms with Crippen LogP contribution in [0.3, 0.4) is 0 Å². The first-order valence-corrected chi connectivity index (χ1v) is 5.34. The van der Waals surface area contributed by atoms with Gasteiger partial charge in [-0.2, -0.15) is 0 Å². The molecule has 15 heavy (non-hydrogen) atoms. The summed E-state index contributed by atoms with van der Waals surface area (Å²) >= 11 is 0. The molecule has 1 rings (SSSR count). The Morgan fingerprint density at radius 3 is 2.53 bits per heavy atom. The molecule has 0 bridgehead atoms. The number of anilines is 2. The van der Waals surface area contributed by atoms with Gasteiger partial charge in [0.2, 0.25) is 5.91 Å². The number of benzene rings is 1. The highest BCUT2D eigenvalue weighted by atomic mass is 32.2. The second-order valence-electron chi connectivity index (χ2n) is 2.89. The molecule has 1 aromatic rings. The zero-order valence-electron chi connectivity index (χ0n) is 7.85. The molecular weight excluding hydrogens is 220 g/mol. The number of nitrogens with two attached hydrogens (primary N) is 1. The lowest BCUT2D eigenvalue weighted by atomic mass is 10.3. The van der Waals surface area contributed by atoms with Gasteiger partial charge in [-0.05, 0) is 18.2 Å². The van der Waals surface area contributed by atoms with Gasteiger partial charge in [-0.1, -0.05) is 0 Å². The van der Waals surface area contributed by atoms with Crippen molar-refractivity contribution in [3.63, 3.8) is 0 Å². The molecule has 0 saturated heterocycles. The Morgan fingerprint density at radius 1 is 1.47 bits per heavy atom. The van der Waals surface area contributed by atoms with E-state index in [9.17, 15) is 17.8 Å². The number of rotatable bonds is 2. The summed E-state index contributed by atoms with van der Waals surface area (Å²) in [6.07, 6.45) is 0. The van der Waals surface area contributed by atoms with E-state index in [1.807, 2.05) is 0 Å². The van der Waals surface area contributed by atoms with Gasteiger partial charge in [-0.25, -0.2) is 8.42 Å². The predicted octanol–water partition coefficient (Wildman–Crippen LogP) is 0.131. The SMILES string of the molecule is CC(=O)Nc1ccc(N)c(S(=O)(=O)[O-])c1. The highest BCUT2D eigenvalue weighted by Gasteiger charge is 2.08. The normalized spacial score (nSPS) is 11.1. The van der Waals surface area contributed by atoms with E-state index in [-0.39, 0.29) is 17.3 Å². The molecule has 7 heteroatoms. The summed E-state index contributed by atoms with van der Waals surface area (Å²) in [7, 11) is -4.62. The van der Waals surface area contributed by atoms with Crippen LogP contribution in [-0.4, -0.2) is 18.9 Å². The summed E-state index contributed by atoms with van der Waals surface area (Å²) in [4.78, 5) is 10.2. The molecule has 0 saturated carbocycles. The van der Waals surface area contributed by atoms with Crippen molar-refractivity contribution >= 4 is 27.4 Å². The van der Waals surface area contributed by atoms with Gasteiger partial charge in [-0.3, -0.25) is 4.79 Å². The lowest BCUT2D eigenvalue weighted by Gasteiger charge is -2.11. The number of hydrogen-bond donors (Lipinski definition) is 2. The standard InChI is InChI=1S/C8H10N2O4S/c1-5(11)10-6-2-3-7(9)8(4-6)15(12,13)14/h2-4H,9H2,1H3,(H,10,11)(H,12,13,14)/p-1. The third-order valence-corrected chi connectivity index (χ3v) is 2.50. The number of carbonyl (C=O) groups is 1. The maximum atomic E-state index is 10.7. The van der Waals surface area contributed by atoms with Crippen molar-refractivity contribution in [3.05, 3.63) is 18.2 Å². The van der Waals surface area contributed by atoms with Gasteiger partial charge in [0.15, 0.2) is 0 Å². The van der Waals surface area contributed by atoms with Gasteiger partial charge >= 0.3 is 0 Å². The zero-order chi connectivity index (χ0) is 11.6. The van der Waals surface area contributed by atoms with Crippen LogP contribution in [-0.2, 0) is 14.9 Å². The van der Waals surface area contributed by atoms with Crippen molar-refractivity contribution in [1.82, 2.24) is 0 Å². The number of nitrogen functional groups attached to an aromatic ring is 1. The number of carbonyl (C=O) groups excluding carboxylic acids is 1. The molecule has 0 spiro atoms. The highest BCUT2D eigenvalue weighted by Crippen LogP contribution is 2.22. The Bertz CT molecular complexity index is 495. The summed E-state index contributed by atoms with van der Waals surface area (Å²) in [5.41, 5.74) is 5.39. The minimum absolute atomic E-state index is 0.140. The molecule has 0 aliphatic carbocycles. The van der Waals surface area contributed by atoms with E-state index in [2.05, 4.69) is 5.32 Å². The van der Waals surface area contributed by atoms with E-state index >= 15 is 0 Å². The number of nitrogens with one attached hydrogen (secondary N) is 1. The van der Waals surface area contributed by atoms with E-state index in [1.165, 1.54) is 19.1 Å². The van der Waals surface area contributed by atoms with Crippen LogP contribution in [0.15, 0.2) is 23.1 Å². The Hall–Kier alpha value is -1.60. The van der Waals surface area contributed by atoms with E-state index in [0.717, 1.165) is 6.07 Å². The predicted molar refractivity (Wildman–Crippen MR) is 53.1 cm³/mol. The van der Waals surface area contributed by atoms with Crippen LogP contribution >= 0.6 is 0 Å². The second kappa shape index (κ2) is 3.87. The molecule has 0 aromatic heterocycles. The van der Waals surface area contributed by atoms with Crippen molar-refractivity contribution < 1.29 is 17.8 Å². The molecule has 3 N–H and O–H groups in total. The minimum atomic E-state index is -4.62. The first kappa shape index (κ1) is 11.5. The van der Waals surface area contributed by atoms with E-state index in [0.29, 0.717) is 0 Å². The van der Waals surface area contributed by atoms with Crippen LogP contribution in [0.4, 0.5) is 11.4 Å². The van der Waals surface area contributed by atoms with E-state index < -0.39 is 15.0 Å². The largest absolute Gasteiger partial charge is 0.744 e. The molecule has 1 amide bonds. The number of hydrogen-bond acceptors (Lipinski definition) is 5. The van der Waals surface area contributed by atoms with Crippen molar-refractivity contribution in [2.45, 2.75) is 11.8 Å². The third-order valence-electron chi connectivity index (χ3n) is 1.60. The van der Waals surface area contributed by atoms with Gasteiger partial charge in [0.25, 0.3) is 0 Å². The second-order valence-corrected chi connectivity index (χ2v) is 4.24. The molecule has 1 aromatic carbocycles. The summed E-state index contributed by atoms with van der Waals surface area (Å²) in [5, 5.41) is 2.35. The summed E-state index contributed by atoms with van der Waals surface area (Å²) in [6, 6.07) is 3.68. The molecule has 6 nitrogen and oxygen atoms in total. The van der Waals surface area contributed by atoms with Crippen LogP contribution < -0.4 is 11.1 Å². The Kier molecular flexibility index (Phi) is 2.96. The maximum Gasteiger partial charge on any atom is 0.221 e. The number of amides is 1. The lowest BCUT2D eigenvalue weighted by molar-refractivity contribution is -0.114. The van der Waals surface area contributed by atoms with Crippen molar-refractivity contribution in [2.75, 3.05) is 11.1 Å². The van der Waals surface area contributed by atoms with Gasteiger partial charge in [-0.15, -0.1) is 0 Å². The summed E-state index contributed by atoms with van der Waals surface area (Å²) in [6.45, 7) is 1.27. The topological polar surface area (TPSA) is 112 Å². The van der Waals surface area contributed by atoms with Gasteiger partial charge in [0, 0.05) is 18.3 Å². The van der Waals surface area contributed by atoms with Crippen molar-refractivity contribution in [1.29, 1.82) is 0 Å². The fourth-order valence-electron chi connectivity index (χ4n) is 1.03. The van der Waals surface area contributed by atoms with Crippen LogP contribution in [0, 0.1) is 0 Å². The Morgan fingerprint density at radius 2 is 2.07 bits per heavy atom. The van der Waals surface area contributed by atoms with E-state index in [4.69, 9.17) is 5.73 Å². The van der Waals surface area contributed by atoms with Gasteiger partial charge in [0.05, 0.1) is 4.90 Å². The van der Waals surface area contributed by atoms with Crippen molar-refractivity contribution in [3.8, 4) is 0 Å². The monoisotopic (exact) mass is 229 g/mol. The summed E-state index contributed by atoms with van der Waals surface area (Å²) in [5.74, 6) is -0.367. The van der Waals surface area contributed by atoms with Gasteiger partial charge in [0.1, 0.15) is 10.1 Å². The molecular formula is C8H9N2O4S-. The molecule has 0 atom stereocenters. The zero-order valence-corrected chi connectivity index (χ0v) is 8.67. The smallest absolute Gasteiger partial charge is 0.221 e. The van der Waals surface area contributed by atoms with Crippen LogP contribution in [0.25, 0.3) is 0 Å². The fourth-order valence-corrected chi connectivity index (χ4v) is 1.66. The Labute approximate surface area is 86.8 Å². The molecule has 0 aliphatic heterocycles. The van der Waals surface area contributed by atoms with Crippen LogP contribution in [0.1, 0.15) is 6.92 Å². The lowest BCUT2D eigenvalue weighted by Crippen LogP contribution is -2.08. The van der Waals surface area contributed by atoms with E-state index in [1.54, 1.807) is 0 Å². The quantitative estimate of drug-likeness (QED) is 0.553. The Balaban J connectivity index is 3.23. The van der Waals surface area contributed by atoms with Gasteiger partial charge < -0.3 is 15.6 Å². The first-order chi connectivity index (χ1) is 6.80. The fraction of sp³-hybridized carbons (Fsp3) is 0.125. The molecule has 0 radical (unpaired) electrons.